The minimum atomic E-state index is -4.25. The summed E-state index contributed by atoms with van der Waals surface area (Å²) in [5.74, 6) is 0. The lowest BCUT2D eigenvalue weighted by molar-refractivity contribution is -0.138. The van der Waals surface area contributed by atoms with Crippen LogP contribution in [0.15, 0.2) is 48.5 Å². The molecular formula is C24H33ClF6N2. The van der Waals surface area contributed by atoms with Crippen LogP contribution < -0.4 is 10.6 Å². The van der Waals surface area contributed by atoms with Crippen molar-refractivity contribution in [2.24, 2.45) is 0 Å². The van der Waals surface area contributed by atoms with E-state index in [0.717, 1.165) is 25.2 Å². The van der Waals surface area contributed by atoms with E-state index < -0.39 is 23.5 Å². The standard InChI is InChI=1S/2C12H16F3N.ClH/c2*1-3-16-9(2)7-10-5-4-6-11(8-10)12(13,14)15;/h2*4-6,8-9,16H,3,7H2,1-2H3;1H. The van der Waals surface area contributed by atoms with Crippen LogP contribution in [0.25, 0.3) is 0 Å². The molecule has 2 aromatic rings. The molecule has 0 spiro atoms. The van der Waals surface area contributed by atoms with Gasteiger partial charge in [-0.1, -0.05) is 50.2 Å². The predicted octanol–water partition coefficient (Wildman–Crippen LogP) is 6.91. The first kappa shape index (κ1) is 31.2. The van der Waals surface area contributed by atoms with Crippen LogP contribution in [0.5, 0.6) is 0 Å². The number of alkyl halides is 6. The number of hydrogen-bond donors (Lipinski definition) is 2. The monoisotopic (exact) mass is 498 g/mol. The van der Waals surface area contributed by atoms with Gasteiger partial charge in [-0.05, 0) is 63.0 Å². The topological polar surface area (TPSA) is 24.1 Å². The fourth-order valence-corrected chi connectivity index (χ4v) is 3.30. The molecule has 2 aromatic carbocycles. The summed E-state index contributed by atoms with van der Waals surface area (Å²) in [5.41, 5.74) is 0.272. The van der Waals surface area contributed by atoms with Crippen molar-refractivity contribution in [1.82, 2.24) is 10.6 Å². The minimum Gasteiger partial charge on any atom is -0.314 e. The minimum absolute atomic E-state index is 0. The van der Waals surface area contributed by atoms with E-state index in [1.54, 1.807) is 12.1 Å². The highest BCUT2D eigenvalue weighted by molar-refractivity contribution is 5.85. The maximum atomic E-state index is 12.4. The maximum absolute atomic E-state index is 12.4. The first-order chi connectivity index (χ1) is 14.9. The average molecular weight is 499 g/mol. The predicted molar refractivity (Wildman–Crippen MR) is 124 cm³/mol. The second kappa shape index (κ2) is 14.5. The molecule has 2 unspecified atom stereocenters. The van der Waals surface area contributed by atoms with Crippen molar-refractivity contribution in [3.05, 3.63) is 70.8 Å². The summed E-state index contributed by atoms with van der Waals surface area (Å²) in [6.07, 6.45) is -7.29. The number of nitrogens with one attached hydrogen (secondary N) is 2. The maximum Gasteiger partial charge on any atom is 0.416 e. The molecule has 2 rings (SSSR count). The van der Waals surface area contributed by atoms with Crippen molar-refractivity contribution in [3.63, 3.8) is 0 Å². The van der Waals surface area contributed by atoms with Crippen LogP contribution in [0.1, 0.15) is 49.9 Å². The molecule has 0 aliphatic carbocycles. The average Bonchev–Trinajstić information content (AvgIpc) is 2.68. The number of hydrogen-bond acceptors (Lipinski definition) is 2. The molecule has 33 heavy (non-hydrogen) atoms. The zero-order chi connectivity index (χ0) is 24.4. The zero-order valence-corrected chi connectivity index (χ0v) is 20.1. The van der Waals surface area contributed by atoms with Crippen LogP contribution in [0.3, 0.4) is 0 Å². The van der Waals surface area contributed by atoms with Crippen molar-refractivity contribution in [2.75, 3.05) is 13.1 Å². The highest BCUT2D eigenvalue weighted by Crippen LogP contribution is 2.30. The summed E-state index contributed by atoms with van der Waals surface area (Å²) in [6.45, 7) is 9.51. The van der Waals surface area contributed by atoms with Crippen molar-refractivity contribution in [1.29, 1.82) is 0 Å². The van der Waals surface area contributed by atoms with Crippen molar-refractivity contribution in [3.8, 4) is 0 Å². The summed E-state index contributed by atoms with van der Waals surface area (Å²) < 4.78 is 74.6. The third-order valence-corrected chi connectivity index (χ3v) is 4.70. The third-order valence-electron chi connectivity index (χ3n) is 4.70. The Morgan fingerprint density at radius 2 is 1.00 bits per heavy atom. The first-order valence-corrected chi connectivity index (χ1v) is 10.7. The Balaban J connectivity index is 0.000000602. The molecule has 0 radical (unpaired) electrons. The molecule has 188 valence electrons. The summed E-state index contributed by atoms with van der Waals surface area (Å²) in [4.78, 5) is 0. The number of halogens is 7. The van der Waals surface area contributed by atoms with Crippen LogP contribution in [-0.4, -0.2) is 25.2 Å². The lowest BCUT2D eigenvalue weighted by Gasteiger charge is -2.13. The molecule has 0 amide bonds. The first-order valence-electron chi connectivity index (χ1n) is 10.7. The Bertz CT molecular complexity index is 741. The number of benzene rings is 2. The van der Waals surface area contributed by atoms with E-state index in [2.05, 4.69) is 10.6 Å². The van der Waals surface area contributed by atoms with Gasteiger partial charge in [0.1, 0.15) is 0 Å². The second-order valence-electron chi connectivity index (χ2n) is 7.72. The highest BCUT2D eigenvalue weighted by atomic mass is 35.5. The van der Waals surface area contributed by atoms with Gasteiger partial charge < -0.3 is 10.6 Å². The molecule has 2 atom stereocenters. The molecule has 0 saturated heterocycles. The lowest BCUT2D eigenvalue weighted by Crippen LogP contribution is -2.27. The molecule has 0 fully saturated rings. The summed E-state index contributed by atoms with van der Waals surface area (Å²) in [5, 5.41) is 6.34. The molecule has 0 bridgehead atoms. The van der Waals surface area contributed by atoms with Crippen molar-refractivity contribution < 1.29 is 26.3 Å². The van der Waals surface area contributed by atoms with Gasteiger partial charge in [0, 0.05) is 12.1 Å². The van der Waals surface area contributed by atoms with Gasteiger partial charge in [0.25, 0.3) is 0 Å². The Kier molecular flexibility index (Phi) is 13.7. The van der Waals surface area contributed by atoms with Crippen LogP contribution in [0.4, 0.5) is 26.3 Å². The van der Waals surface area contributed by atoms with Gasteiger partial charge in [-0.3, -0.25) is 0 Å². The van der Waals surface area contributed by atoms with E-state index in [1.165, 1.54) is 24.3 Å². The molecule has 0 aliphatic heterocycles. The zero-order valence-electron chi connectivity index (χ0n) is 19.3. The third kappa shape index (κ3) is 12.3. The quantitative estimate of drug-likeness (QED) is 0.386. The van der Waals surface area contributed by atoms with E-state index in [1.807, 2.05) is 27.7 Å². The van der Waals surface area contributed by atoms with Gasteiger partial charge in [0.05, 0.1) is 11.1 Å². The Morgan fingerprint density at radius 1 is 0.667 bits per heavy atom. The number of rotatable bonds is 8. The smallest absolute Gasteiger partial charge is 0.314 e. The van der Waals surface area contributed by atoms with Gasteiger partial charge in [0.15, 0.2) is 0 Å². The Morgan fingerprint density at radius 3 is 1.27 bits per heavy atom. The second-order valence-corrected chi connectivity index (χ2v) is 7.72. The van der Waals surface area contributed by atoms with Crippen molar-refractivity contribution >= 4 is 12.4 Å². The largest absolute Gasteiger partial charge is 0.416 e. The number of likely N-dealkylation sites (N-methyl/N-ethyl adjacent to an activating group) is 2. The molecule has 0 saturated carbocycles. The van der Waals surface area contributed by atoms with Gasteiger partial charge >= 0.3 is 12.4 Å². The van der Waals surface area contributed by atoms with E-state index in [4.69, 9.17) is 0 Å². The fraction of sp³-hybridized carbons (Fsp3) is 0.500. The molecule has 0 aliphatic rings. The molecule has 0 heterocycles. The molecule has 2 N–H and O–H groups in total. The van der Waals surface area contributed by atoms with E-state index in [9.17, 15) is 26.3 Å². The molecular weight excluding hydrogens is 466 g/mol. The van der Waals surface area contributed by atoms with Gasteiger partial charge in [-0.25, -0.2) is 0 Å². The van der Waals surface area contributed by atoms with Crippen molar-refractivity contribution in [2.45, 2.75) is 65.0 Å². The molecule has 2 nitrogen and oxygen atoms in total. The van der Waals surface area contributed by atoms with Gasteiger partial charge in [0.2, 0.25) is 0 Å². The summed E-state index contributed by atoms with van der Waals surface area (Å²) >= 11 is 0. The fourth-order valence-electron chi connectivity index (χ4n) is 3.30. The SMILES string of the molecule is CCNC(C)Cc1cccc(C(F)(F)F)c1.CCNC(C)Cc1cccc(C(F)(F)F)c1.Cl. The van der Waals surface area contributed by atoms with Crippen LogP contribution >= 0.6 is 12.4 Å². The van der Waals surface area contributed by atoms with Gasteiger partial charge in [-0.2, -0.15) is 26.3 Å². The Hall–Kier alpha value is -1.77. The normalized spacial score (nSPS) is 13.4. The van der Waals surface area contributed by atoms with Crippen LogP contribution in [0, 0.1) is 0 Å². The van der Waals surface area contributed by atoms with E-state index in [-0.39, 0.29) is 24.5 Å². The molecule has 9 heteroatoms. The van der Waals surface area contributed by atoms with Crippen LogP contribution in [-0.2, 0) is 25.2 Å². The van der Waals surface area contributed by atoms with E-state index in [0.29, 0.717) is 24.0 Å². The van der Waals surface area contributed by atoms with E-state index >= 15 is 0 Å². The Labute approximate surface area is 198 Å². The van der Waals surface area contributed by atoms with Gasteiger partial charge in [-0.15, -0.1) is 12.4 Å². The summed E-state index contributed by atoms with van der Waals surface area (Å²) in [6, 6.07) is 11.4. The lowest BCUT2D eigenvalue weighted by atomic mass is 10.0. The summed E-state index contributed by atoms with van der Waals surface area (Å²) in [7, 11) is 0. The highest BCUT2D eigenvalue weighted by Gasteiger charge is 2.31. The molecule has 0 aromatic heterocycles. The van der Waals surface area contributed by atoms with Crippen LogP contribution in [0.2, 0.25) is 0 Å².